The molecule has 30 heavy (non-hydrogen) atoms. The molecule has 0 radical (unpaired) electrons. The lowest BCUT2D eigenvalue weighted by Crippen LogP contribution is -2.56. The fraction of sp³-hybridized carbons (Fsp3) is 0.818. The molecule has 2 atom stereocenters. The fourth-order valence-electron chi connectivity index (χ4n) is 1.08. The lowest BCUT2D eigenvalue weighted by Gasteiger charge is -2.33. The summed E-state index contributed by atoms with van der Waals surface area (Å²) in [5, 5.41) is 15.6. The number of nitriles is 1. The van der Waals surface area contributed by atoms with Crippen LogP contribution >= 0.6 is 31.9 Å². The molecule has 5 N–H and O–H groups in total. The number of halogens is 8. The molecule has 0 saturated heterocycles. The zero-order valence-corrected chi connectivity index (χ0v) is 20.3. The quantitative estimate of drug-likeness (QED) is 0.157. The molecule has 0 heterocycles. The van der Waals surface area contributed by atoms with Crippen LogP contribution in [0.15, 0.2) is 0 Å². The first-order chi connectivity index (χ1) is 12.8. The van der Waals surface area contributed by atoms with Crippen molar-refractivity contribution in [3.63, 3.8) is 0 Å². The van der Waals surface area contributed by atoms with E-state index >= 15 is 0 Å². The lowest BCUT2D eigenvalue weighted by atomic mass is 10.1. The Kier molecular flexibility index (Phi) is 13.6. The monoisotopic (exact) mass is 622 g/mol. The van der Waals surface area contributed by atoms with Crippen LogP contribution in [0.3, 0.4) is 0 Å². The van der Waals surface area contributed by atoms with Crippen LogP contribution in [-0.4, -0.2) is 71.1 Å². The highest BCUT2D eigenvalue weighted by atomic mass is 79.9. The average Bonchev–Trinajstić information content (AvgIpc) is 2.47. The van der Waals surface area contributed by atoms with Crippen molar-refractivity contribution in [2.45, 2.75) is 43.2 Å². The van der Waals surface area contributed by atoms with Crippen molar-refractivity contribution in [2.24, 2.45) is 5.73 Å². The third-order valence-corrected chi connectivity index (χ3v) is 4.94. The number of nitrogens with zero attached hydrogens (tertiary/aromatic N) is 1. The van der Waals surface area contributed by atoms with Crippen LogP contribution in [-0.2, 0) is 19.6 Å². The first-order valence-corrected chi connectivity index (χ1v) is 14.0. The van der Waals surface area contributed by atoms with E-state index in [0.29, 0.717) is 0 Å². The average molecular weight is 624 g/mol. The topological polar surface area (TPSA) is 171 Å². The van der Waals surface area contributed by atoms with Crippen LogP contribution in [0.1, 0.15) is 0 Å². The van der Waals surface area contributed by atoms with Crippen molar-refractivity contribution in [3.05, 3.63) is 0 Å². The summed E-state index contributed by atoms with van der Waals surface area (Å²) < 4.78 is 109. The number of hydrogen-bond donors (Lipinski definition) is 4. The molecule has 9 nitrogen and oxygen atoms in total. The smallest absolute Gasteiger partial charge is 0.393 e. The van der Waals surface area contributed by atoms with Gasteiger partial charge in [0.05, 0.1) is 10.7 Å². The van der Waals surface area contributed by atoms with Crippen LogP contribution in [0, 0.1) is 11.3 Å². The third kappa shape index (κ3) is 13.0. The normalized spacial score (nSPS) is 16.4. The predicted molar refractivity (Wildman–Crippen MR) is 101 cm³/mol. The second kappa shape index (κ2) is 11.9. The number of rotatable bonds is 5. The Hall–Kier alpha value is -0.493. The molecular weight excluding hydrogens is 606 g/mol. The van der Waals surface area contributed by atoms with E-state index in [2.05, 4.69) is 37.6 Å². The van der Waals surface area contributed by atoms with Gasteiger partial charge < -0.3 is 15.3 Å². The molecule has 0 saturated carbocycles. The molecule has 0 fully saturated rings. The van der Waals surface area contributed by atoms with Crippen molar-refractivity contribution in [3.8, 4) is 6.07 Å². The van der Waals surface area contributed by atoms with E-state index in [9.17, 15) is 31.1 Å². The fourth-order valence-corrected chi connectivity index (χ4v) is 3.72. The summed E-state index contributed by atoms with van der Waals surface area (Å²) in [5.74, 6) is -1.82. The number of primary amides is 1. The molecular formula is C11H18Br2F6N2O7SSi. The van der Waals surface area contributed by atoms with Crippen LogP contribution in [0.25, 0.3) is 0 Å². The Morgan fingerprint density at radius 3 is 1.43 bits per heavy atom. The summed E-state index contributed by atoms with van der Waals surface area (Å²) in [6.07, 6.45) is -9.71. The number of aliphatic hydroxyl groups is 1. The lowest BCUT2D eigenvalue weighted by molar-refractivity contribution is -0.241. The molecule has 0 rings (SSSR count). The Labute approximate surface area is 185 Å². The first-order valence-electron chi connectivity index (χ1n) is 6.92. The summed E-state index contributed by atoms with van der Waals surface area (Å²) in [6.45, 7) is 4.81. The van der Waals surface area contributed by atoms with Crippen molar-refractivity contribution in [2.75, 3.05) is 10.7 Å². The van der Waals surface area contributed by atoms with E-state index in [1.165, 1.54) is 6.07 Å². The standard InChI is InChI=1S/C7H11BrF3NOSi.C4H5BrF3NO2.H2O4S/c1-14(2,3)13-6(4-8,5-12)7(9,10)11;5-1-3(11,2(9)10)4(6,7)8;1-5(2,3)4/h4H2,1-3H3;11H,1H2,(H2,9,10);(H2,1,2,3,4). The Morgan fingerprint density at radius 2 is 1.40 bits per heavy atom. The van der Waals surface area contributed by atoms with E-state index in [0.717, 1.165) is 0 Å². The molecule has 0 aromatic rings. The number of nitrogens with two attached hydrogens (primary N) is 1. The summed E-state index contributed by atoms with van der Waals surface area (Å²) in [4.78, 5) is 10.1. The minimum atomic E-state index is -5.04. The minimum absolute atomic E-state index is 0.565. The van der Waals surface area contributed by atoms with Crippen molar-refractivity contribution < 1.29 is 58.2 Å². The molecule has 0 bridgehead atoms. The molecule has 0 aromatic heterocycles. The molecule has 0 aromatic carbocycles. The van der Waals surface area contributed by atoms with E-state index in [1.54, 1.807) is 19.6 Å². The molecule has 2 unspecified atom stereocenters. The van der Waals surface area contributed by atoms with Gasteiger partial charge in [0, 0.05) is 0 Å². The van der Waals surface area contributed by atoms with Crippen LogP contribution in [0.2, 0.25) is 19.6 Å². The van der Waals surface area contributed by atoms with E-state index in [1.807, 2.05) is 0 Å². The molecule has 1 amide bonds. The summed E-state index contributed by atoms with van der Waals surface area (Å²) in [7, 11) is -7.08. The number of alkyl halides is 8. The zero-order chi connectivity index (χ0) is 25.4. The second-order valence-corrected chi connectivity index (χ2v) is 12.5. The maximum Gasteiger partial charge on any atom is 0.430 e. The van der Waals surface area contributed by atoms with Crippen LogP contribution in [0.4, 0.5) is 26.3 Å². The summed E-state index contributed by atoms with van der Waals surface area (Å²) >= 11 is 5.01. The highest BCUT2D eigenvalue weighted by molar-refractivity contribution is 9.09. The maximum atomic E-state index is 12.6. The van der Waals surface area contributed by atoms with Gasteiger partial charge in [0.1, 0.15) is 6.07 Å². The SMILES string of the molecule is C[Si](C)(C)OC(C#N)(CBr)C(F)(F)F.NC(=O)C(O)(CBr)C(F)(F)F.O=S(=O)(O)O. The van der Waals surface area contributed by atoms with Gasteiger partial charge in [-0.25, -0.2) is 0 Å². The third-order valence-electron chi connectivity index (χ3n) is 2.38. The van der Waals surface area contributed by atoms with Gasteiger partial charge in [0.2, 0.25) is 5.60 Å². The van der Waals surface area contributed by atoms with Crippen molar-refractivity contribution >= 4 is 56.5 Å². The van der Waals surface area contributed by atoms with Crippen molar-refractivity contribution in [1.29, 1.82) is 5.26 Å². The predicted octanol–water partition coefficient (Wildman–Crippen LogP) is 2.56. The van der Waals surface area contributed by atoms with Gasteiger partial charge in [-0.15, -0.1) is 0 Å². The largest absolute Gasteiger partial charge is 0.430 e. The second-order valence-electron chi connectivity index (χ2n) is 6.09. The molecule has 0 aliphatic heterocycles. The van der Waals surface area contributed by atoms with E-state index in [4.69, 9.17) is 32.3 Å². The van der Waals surface area contributed by atoms with Crippen LogP contribution in [0.5, 0.6) is 0 Å². The summed E-state index contributed by atoms with van der Waals surface area (Å²) in [5.41, 5.74) is -1.85. The van der Waals surface area contributed by atoms with Crippen LogP contribution < -0.4 is 5.73 Å². The molecule has 180 valence electrons. The van der Waals surface area contributed by atoms with Gasteiger partial charge in [-0.3, -0.25) is 13.9 Å². The Morgan fingerprint density at radius 1 is 1.07 bits per heavy atom. The van der Waals surface area contributed by atoms with Gasteiger partial charge in [0.25, 0.3) is 11.5 Å². The zero-order valence-electron chi connectivity index (χ0n) is 15.3. The highest BCUT2D eigenvalue weighted by Crippen LogP contribution is 2.37. The van der Waals surface area contributed by atoms with E-state index < -0.39 is 58.8 Å². The van der Waals surface area contributed by atoms with Crippen molar-refractivity contribution in [1.82, 2.24) is 0 Å². The highest BCUT2D eigenvalue weighted by Gasteiger charge is 2.58. The molecule has 19 heteroatoms. The van der Waals surface area contributed by atoms with E-state index in [-0.39, 0.29) is 0 Å². The maximum absolute atomic E-state index is 12.6. The van der Waals surface area contributed by atoms with Gasteiger partial charge in [-0.05, 0) is 19.6 Å². The Balaban J connectivity index is -0.000000405. The minimum Gasteiger partial charge on any atom is -0.393 e. The number of hydrogen-bond acceptors (Lipinski definition) is 6. The Bertz CT molecular complexity index is 703. The molecule has 0 aliphatic carbocycles. The molecule has 0 spiro atoms. The van der Waals surface area contributed by atoms with Gasteiger partial charge in [-0.1, -0.05) is 31.9 Å². The number of carbonyl (C=O) groups is 1. The first kappa shape index (κ1) is 34.1. The summed E-state index contributed by atoms with van der Waals surface area (Å²) in [6, 6.07) is 1.20. The number of carbonyl (C=O) groups excluding carboxylic acids is 1. The van der Waals surface area contributed by atoms with Gasteiger partial charge >= 0.3 is 22.8 Å². The molecule has 0 aliphatic rings. The van der Waals surface area contributed by atoms with Gasteiger partial charge in [0.15, 0.2) is 8.32 Å². The van der Waals surface area contributed by atoms with Gasteiger partial charge in [-0.2, -0.15) is 40.0 Å². The number of amides is 1.